The van der Waals surface area contributed by atoms with Crippen molar-refractivity contribution in [1.29, 1.82) is 0 Å². The molecule has 0 heterocycles. The van der Waals surface area contributed by atoms with Gasteiger partial charge >= 0.3 is 0 Å². The van der Waals surface area contributed by atoms with E-state index in [1.807, 2.05) is 0 Å². The minimum atomic E-state index is -0.0556. The van der Waals surface area contributed by atoms with Crippen LogP contribution in [-0.4, -0.2) is 19.5 Å². The van der Waals surface area contributed by atoms with Gasteiger partial charge < -0.3 is 11.1 Å². The lowest BCUT2D eigenvalue weighted by atomic mass is 10.2. The average Bonchev–Trinajstić information content (AvgIpc) is 1.84. The number of rotatable bonds is 2. The molecule has 0 saturated carbocycles. The monoisotopic (exact) mass is 152 g/mol. The second kappa shape index (κ2) is 5.85. The highest BCUT2D eigenvalue weighted by atomic mass is 35.5. The third kappa shape index (κ3) is 4.24. The second-order valence-electron chi connectivity index (χ2n) is 1.75. The topological polar surface area (TPSA) is 55.1 Å². The molecule has 0 bridgehead atoms. The first-order valence-corrected chi connectivity index (χ1v) is 2.64. The zero-order chi connectivity index (χ0) is 6.57. The quantitative estimate of drug-likeness (QED) is 0.574. The van der Waals surface area contributed by atoms with Gasteiger partial charge in [-0.15, -0.1) is 12.4 Å². The lowest BCUT2D eigenvalue weighted by molar-refractivity contribution is -0.123. The third-order valence-corrected chi connectivity index (χ3v) is 1.05. The van der Waals surface area contributed by atoms with E-state index in [1.165, 1.54) is 0 Å². The van der Waals surface area contributed by atoms with Crippen molar-refractivity contribution in [2.24, 2.45) is 11.7 Å². The second-order valence-corrected chi connectivity index (χ2v) is 1.75. The number of hydrogen-bond acceptors (Lipinski definition) is 2. The third-order valence-electron chi connectivity index (χ3n) is 1.05. The molecule has 3 nitrogen and oxygen atoms in total. The van der Waals surface area contributed by atoms with E-state index in [9.17, 15) is 4.79 Å². The van der Waals surface area contributed by atoms with Gasteiger partial charge in [0.15, 0.2) is 0 Å². The van der Waals surface area contributed by atoms with Crippen LogP contribution in [0.1, 0.15) is 6.92 Å². The van der Waals surface area contributed by atoms with E-state index in [4.69, 9.17) is 5.73 Å². The minimum Gasteiger partial charge on any atom is -0.359 e. The Morgan fingerprint density at radius 3 is 2.33 bits per heavy atom. The van der Waals surface area contributed by atoms with Crippen LogP contribution in [0.4, 0.5) is 0 Å². The summed E-state index contributed by atoms with van der Waals surface area (Å²) >= 11 is 0. The van der Waals surface area contributed by atoms with E-state index >= 15 is 0 Å². The van der Waals surface area contributed by atoms with Crippen molar-refractivity contribution >= 4 is 18.3 Å². The fourth-order valence-electron chi connectivity index (χ4n) is 0.353. The lowest BCUT2D eigenvalue weighted by Crippen LogP contribution is -2.30. The van der Waals surface area contributed by atoms with Crippen LogP contribution in [0.3, 0.4) is 0 Å². The SMILES string of the molecule is CNC(=O)C(C)CN.Cl. The van der Waals surface area contributed by atoms with Crippen LogP contribution in [0.2, 0.25) is 0 Å². The highest BCUT2D eigenvalue weighted by Gasteiger charge is 2.05. The summed E-state index contributed by atoms with van der Waals surface area (Å²) < 4.78 is 0. The van der Waals surface area contributed by atoms with Crippen LogP contribution in [0.5, 0.6) is 0 Å². The van der Waals surface area contributed by atoms with Crippen LogP contribution in [-0.2, 0) is 4.79 Å². The Labute approximate surface area is 61.4 Å². The van der Waals surface area contributed by atoms with Gasteiger partial charge in [-0.25, -0.2) is 0 Å². The van der Waals surface area contributed by atoms with E-state index in [2.05, 4.69) is 5.32 Å². The van der Waals surface area contributed by atoms with Gasteiger partial charge in [-0.3, -0.25) is 4.79 Å². The van der Waals surface area contributed by atoms with Crippen LogP contribution in [0, 0.1) is 5.92 Å². The van der Waals surface area contributed by atoms with Crippen LogP contribution >= 0.6 is 12.4 Å². The zero-order valence-corrected chi connectivity index (χ0v) is 6.49. The van der Waals surface area contributed by atoms with Gasteiger partial charge in [-0.1, -0.05) is 6.92 Å². The Balaban J connectivity index is 0. The van der Waals surface area contributed by atoms with Crippen LogP contribution in [0.25, 0.3) is 0 Å². The molecule has 0 spiro atoms. The van der Waals surface area contributed by atoms with Crippen molar-refractivity contribution in [2.45, 2.75) is 6.92 Å². The molecular weight excluding hydrogens is 140 g/mol. The van der Waals surface area contributed by atoms with Crippen molar-refractivity contribution in [3.63, 3.8) is 0 Å². The number of carbonyl (C=O) groups is 1. The Morgan fingerprint density at radius 2 is 2.22 bits per heavy atom. The number of nitrogens with two attached hydrogens (primary N) is 1. The van der Waals surface area contributed by atoms with Gasteiger partial charge in [-0.2, -0.15) is 0 Å². The maximum Gasteiger partial charge on any atom is 0.223 e. The molecule has 0 fully saturated rings. The summed E-state index contributed by atoms with van der Waals surface area (Å²) in [5, 5.41) is 2.50. The first-order chi connectivity index (χ1) is 3.72. The molecule has 0 aromatic rings. The number of amides is 1. The van der Waals surface area contributed by atoms with Gasteiger partial charge in [0.1, 0.15) is 0 Å². The van der Waals surface area contributed by atoms with Crippen molar-refractivity contribution < 1.29 is 4.79 Å². The molecule has 0 aliphatic carbocycles. The normalized spacial score (nSPS) is 11.4. The largest absolute Gasteiger partial charge is 0.359 e. The highest BCUT2D eigenvalue weighted by Crippen LogP contribution is 1.87. The van der Waals surface area contributed by atoms with E-state index in [0.717, 1.165) is 0 Å². The summed E-state index contributed by atoms with van der Waals surface area (Å²) in [6, 6.07) is 0. The molecule has 0 saturated heterocycles. The summed E-state index contributed by atoms with van der Waals surface area (Å²) in [4.78, 5) is 10.6. The number of halogens is 1. The molecule has 1 amide bonds. The van der Waals surface area contributed by atoms with Gasteiger partial charge in [0.05, 0.1) is 0 Å². The Hall–Kier alpha value is -0.280. The number of nitrogens with one attached hydrogen (secondary N) is 1. The molecule has 4 heteroatoms. The first-order valence-electron chi connectivity index (χ1n) is 2.64. The molecule has 0 aliphatic rings. The Bertz CT molecular complexity index is 87.0. The predicted octanol–water partition coefficient (Wildman–Crippen LogP) is -0.251. The maximum absolute atomic E-state index is 10.6. The smallest absolute Gasteiger partial charge is 0.223 e. The summed E-state index contributed by atoms with van der Waals surface area (Å²) in [7, 11) is 1.61. The van der Waals surface area contributed by atoms with Crippen molar-refractivity contribution in [1.82, 2.24) is 5.32 Å². The molecular formula is C5H13ClN2O. The van der Waals surface area contributed by atoms with Crippen LogP contribution in [0.15, 0.2) is 0 Å². The van der Waals surface area contributed by atoms with Crippen LogP contribution < -0.4 is 11.1 Å². The van der Waals surface area contributed by atoms with Gasteiger partial charge in [0, 0.05) is 19.5 Å². The van der Waals surface area contributed by atoms with E-state index < -0.39 is 0 Å². The molecule has 3 N–H and O–H groups in total. The molecule has 1 atom stereocenters. The maximum atomic E-state index is 10.6. The molecule has 0 aromatic heterocycles. The van der Waals surface area contributed by atoms with E-state index in [0.29, 0.717) is 6.54 Å². The van der Waals surface area contributed by atoms with Crippen molar-refractivity contribution in [3.05, 3.63) is 0 Å². The van der Waals surface area contributed by atoms with Gasteiger partial charge in [-0.05, 0) is 0 Å². The molecule has 56 valence electrons. The summed E-state index contributed by atoms with van der Waals surface area (Å²) in [5.74, 6) is -0.0486. The first kappa shape index (κ1) is 11.5. The predicted molar refractivity (Wildman–Crippen MR) is 39.5 cm³/mol. The standard InChI is InChI=1S/C5H12N2O.ClH/c1-4(3-6)5(8)7-2;/h4H,3,6H2,1-2H3,(H,7,8);1H. The van der Waals surface area contributed by atoms with Crippen molar-refractivity contribution in [3.8, 4) is 0 Å². The van der Waals surface area contributed by atoms with Gasteiger partial charge in [0.25, 0.3) is 0 Å². The van der Waals surface area contributed by atoms with E-state index in [1.54, 1.807) is 14.0 Å². The zero-order valence-electron chi connectivity index (χ0n) is 5.68. The number of carbonyl (C=O) groups excluding carboxylic acids is 1. The Kier molecular flexibility index (Phi) is 7.48. The molecule has 9 heavy (non-hydrogen) atoms. The lowest BCUT2D eigenvalue weighted by Gasteiger charge is -2.03. The van der Waals surface area contributed by atoms with Crippen molar-refractivity contribution in [2.75, 3.05) is 13.6 Å². The summed E-state index contributed by atoms with van der Waals surface area (Å²) in [6.45, 7) is 2.21. The highest BCUT2D eigenvalue weighted by molar-refractivity contribution is 5.85. The average molecular weight is 153 g/mol. The molecule has 0 radical (unpaired) electrons. The molecule has 0 aromatic carbocycles. The molecule has 1 unspecified atom stereocenters. The minimum absolute atomic E-state index is 0. The van der Waals surface area contributed by atoms with Gasteiger partial charge in [0.2, 0.25) is 5.91 Å². The molecule has 0 aliphatic heterocycles. The fourth-order valence-corrected chi connectivity index (χ4v) is 0.353. The van der Waals surface area contributed by atoms with E-state index in [-0.39, 0.29) is 24.2 Å². The summed E-state index contributed by atoms with van der Waals surface area (Å²) in [5.41, 5.74) is 5.19. The number of hydrogen-bond donors (Lipinski definition) is 2. The Morgan fingerprint density at radius 1 is 1.78 bits per heavy atom. The molecule has 0 rings (SSSR count). The summed E-state index contributed by atoms with van der Waals surface area (Å²) in [6.07, 6.45) is 0. The fraction of sp³-hybridized carbons (Fsp3) is 0.800.